The van der Waals surface area contributed by atoms with E-state index >= 15 is 0 Å². The summed E-state index contributed by atoms with van der Waals surface area (Å²) in [6, 6.07) is 13.2. The Hall–Kier alpha value is -2.69. The maximum atomic E-state index is 13.5. The normalized spacial score (nSPS) is 14.1. The van der Waals surface area contributed by atoms with Crippen molar-refractivity contribution in [1.82, 2.24) is 9.80 Å². The molecule has 0 saturated heterocycles. The number of fused-ring (bicyclic) bond motifs is 1. The van der Waals surface area contributed by atoms with Gasteiger partial charge in [-0.25, -0.2) is 4.39 Å². The summed E-state index contributed by atoms with van der Waals surface area (Å²) in [5.41, 5.74) is 2.43. The van der Waals surface area contributed by atoms with Crippen molar-refractivity contribution in [3.05, 3.63) is 71.0 Å². The highest BCUT2D eigenvalue weighted by molar-refractivity contribution is 5.98. The number of benzene rings is 2. The van der Waals surface area contributed by atoms with Gasteiger partial charge in [-0.2, -0.15) is 0 Å². The van der Waals surface area contributed by atoms with Crippen molar-refractivity contribution in [1.29, 1.82) is 0 Å². The van der Waals surface area contributed by atoms with Crippen LogP contribution < -0.4 is 0 Å². The summed E-state index contributed by atoms with van der Waals surface area (Å²) in [5, 5.41) is 0. The van der Waals surface area contributed by atoms with Crippen LogP contribution in [-0.4, -0.2) is 34.7 Å². The summed E-state index contributed by atoms with van der Waals surface area (Å²) in [7, 11) is 0. The van der Waals surface area contributed by atoms with Crippen molar-refractivity contribution in [2.24, 2.45) is 0 Å². The van der Waals surface area contributed by atoms with E-state index in [0.29, 0.717) is 25.2 Å². The van der Waals surface area contributed by atoms with Crippen LogP contribution in [-0.2, 0) is 11.3 Å². The van der Waals surface area contributed by atoms with Crippen LogP contribution in [0.3, 0.4) is 0 Å². The van der Waals surface area contributed by atoms with Crippen LogP contribution in [0, 0.1) is 5.82 Å². The van der Waals surface area contributed by atoms with Gasteiger partial charge in [-0.3, -0.25) is 9.59 Å². The van der Waals surface area contributed by atoms with Crippen molar-refractivity contribution in [3.8, 4) is 0 Å². The van der Waals surface area contributed by atoms with Gasteiger partial charge in [-0.15, -0.1) is 0 Å². The third-order valence-electron chi connectivity index (χ3n) is 5.19. The number of carbonyl (C=O) groups is 2. The second kappa shape index (κ2) is 9.00. The van der Waals surface area contributed by atoms with Crippen LogP contribution in [0.2, 0.25) is 0 Å². The first-order valence-corrected chi connectivity index (χ1v) is 9.97. The molecule has 1 atom stereocenters. The molecule has 0 saturated carbocycles. The van der Waals surface area contributed by atoms with Gasteiger partial charge < -0.3 is 9.80 Å². The van der Waals surface area contributed by atoms with E-state index in [2.05, 4.69) is 0 Å². The lowest BCUT2D eigenvalue weighted by Crippen LogP contribution is -2.37. The van der Waals surface area contributed by atoms with E-state index < -0.39 is 6.04 Å². The zero-order valence-corrected chi connectivity index (χ0v) is 16.5. The third-order valence-corrected chi connectivity index (χ3v) is 5.19. The second-order valence-corrected chi connectivity index (χ2v) is 7.24. The van der Waals surface area contributed by atoms with E-state index in [9.17, 15) is 14.0 Å². The molecule has 28 heavy (non-hydrogen) atoms. The van der Waals surface area contributed by atoms with Gasteiger partial charge >= 0.3 is 0 Å². The molecule has 0 bridgehead atoms. The Kier molecular flexibility index (Phi) is 6.45. The van der Waals surface area contributed by atoms with Crippen LogP contribution in [0.15, 0.2) is 48.5 Å². The summed E-state index contributed by atoms with van der Waals surface area (Å²) in [5.74, 6) is -0.375. The fraction of sp³-hybridized carbons (Fsp3) is 0.391. The quantitative estimate of drug-likeness (QED) is 0.671. The van der Waals surface area contributed by atoms with E-state index in [1.54, 1.807) is 17.0 Å². The summed E-state index contributed by atoms with van der Waals surface area (Å²) >= 11 is 0. The number of hydrogen-bond donors (Lipinski definition) is 0. The van der Waals surface area contributed by atoms with Gasteiger partial charge in [0.25, 0.3) is 5.91 Å². The minimum atomic E-state index is -0.413. The van der Waals surface area contributed by atoms with Crippen LogP contribution >= 0.6 is 0 Å². The topological polar surface area (TPSA) is 40.6 Å². The van der Waals surface area contributed by atoms with Gasteiger partial charge in [-0.1, -0.05) is 44.2 Å². The fourth-order valence-electron chi connectivity index (χ4n) is 3.82. The first-order chi connectivity index (χ1) is 13.5. The molecule has 1 heterocycles. The molecule has 5 heteroatoms. The maximum absolute atomic E-state index is 13.5. The summed E-state index contributed by atoms with van der Waals surface area (Å²) < 4.78 is 13.5. The molecule has 1 aliphatic rings. The Labute approximate surface area is 166 Å². The molecular formula is C23H27FN2O2. The lowest BCUT2D eigenvalue weighted by atomic mass is 10.0. The van der Waals surface area contributed by atoms with Gasteiger partial charge in [0.1, 0.15) is 5.82 Å². The van der Waals surface area contributed by atoms with Crippen molar-refractivity contribution < 1.29 is 14.0 Å². The maximum Gasteiger partial charge on any atom is 0.255 e. The molecule has 3 rings (SSSR count). The van der Waals surface area contributed by atoms with Gasteiger partial charge in [0.2, 0.25) is 5.91 Å². The molecule has 2 aromatic carbocycles. The molecule has 148 valence electrons. The van der Waals surface area contributed by atoms with Crippen LogP contribution in [0.4, 0.5) is 4.39 Å². The SMILES string of the molecule is CCCN(CCC)C(=O)C[C@@H](c1ccc(F)cc1)N1Cc2ccccc2C1=O. The second-order valence-electron chi connectivity index (χ2n) is 7.24. The summed E-state index contributed by atoms with van der Waals surface area (Å²) in [6.45, 7) is 5.97. The molecule has 0 aromatic heterocycles. The first-order valence-electron chi connectivity index (χ1n) is 9.97. The molecule has 0 N–H and O–H groups in total. The average molecular weight is 382 g/mol. The molecule has 0 radical (unpaired) electrons. The number of rotatable bonds is 8. The third kappa shape index (κ3) is 4.24. The van der Waals surface area contributed by atoms with Crippen molar-refractivity contribution in [2.45, 2.75) is 45.7 Å². The molecular weight excluding hydrogens is 355 g/mol. The van der Waals surface area contributed by atoms with Crippen LogP contribution in [0.25, 0.3) is 0 Å². The number of nitrogens with zero attached hydrogens (tertiary/aromatic N) is 2. The molecule has 2 amide bonds. The molecule has 1 aliphatic heterocycles. The molecule has 0 spiro atoms. The lowest BCUT2D eigenvalue weighted by Gasteiger charge is -2.30. The minimum absolute atomic E-state index is 0.0294. The monoisotopic (exact) mass is 382 g/mol. The van der Waals surface area contributed by atoms with Gasteiger partial charge in [0.05, 0.1) is 12.5 Å². The molecule has 2 aromatic rings. The smallest absolute Gasteiger partial charge is 0.255 e. The van der Waals surface area contributed by atoms with Gasteiger partial charge in [-0.05, 0) is 42.2 Å². The Balaban J connectivity index is 1.89. The van der Waals surface area contributed by atoms with Crippen LogP contribution in [0.5, 0.6) is 0 Å². The standard InChI is InChI=1S/C23H27FN2O2/c1-3-13-25(14-4-2)22(27)15-21(17-9-11-19(24)12-10-17)26-16-18-7-5-6-8-20(18)23(26)28/h5-12,21H,3-4,13-16H2,1-2H3/t21-/m0/s1. The number of hydrogen-bond acceptors (Lipinski definition) is 2. The largest absolute Gasteiger partial charge is 0.343 e. The van der Waals surface area contributed by atoms with E-state index in [1.165, 1.54) is 12.1 Å². The van der Waals surface area contributed by atoms with Gasteiger partial charge in [0.15, 0.2) is 0 Å². The van der Waals surface area contributed by atoms with Crippen molar-refractivity contribution in [3.63, 3.8) is 0 Å². The number of halogens is 1. The van der Waals surface area contributed by atoms with E-state index in [0.717, 1.165) is 24.0 Å². The van der Waals surface area contributed by atoms with Crippen molar-refractivity contribution in [2.75, 3.05) is 13.1 Å². The highest BCUT2D eigenvalue weighted by Crippen LogP contribution is 2.34. The predicted octanol–water partition coefficient (Wildman–Crippen LogP) is 4.56. The number of amides is 2. The van der Waals surface area contributed by atoms with Crippen LogP contribution in [0.1, 0.15) is 60.6 Å². The fourth-order valence-corrected chi connectivity index (χ4v) is 3.82. The first kappa shape index (κ1) is 20.1. The Bertz CT molecular complexity index is 829. The molecule has 0 unspecified atom stereocenters. The van der Waals surface area contributed by atoms with Gasteiger partial charge in [0, 0.05) is 25.2 Å². The molecule has 4 nitrogen and oxygen atoms in total. The van der Waals surface area contributed by atoms with Crippen molar-refractivity contribution >= 4 is 11.8 Å². The zero-order valence-electron chi connectivity index (χ0n) is 16.5. The minimum Gasteiger partial charge on any atom is -0.343 e. The van der Waals surface area contributed by atoms with E-state index in [1.807, 2.05) is 43.0 Å². The average Bonchev–Trinajstić information content (AvgIpc) is 3.03. The Morgan fingerprint density at radius 1 is 1.07 bits per heavy atom. The highest BCUT2D eigenvalue weighted by Gasteiger charge is 2.35. The molecule has 0 fully saturated rings. The highest BCUT2D eigenvalue weighted by atomic mass is 19.1. The molecule has 0 aliphatic carbocycles. The predicted molar refractivity (Wildman–Crippen MR) is 107 cm³/mol. The summed E-state index contributed by atoms with van der Waals surface area (Å²) in [6.07, 6.45) is 1.98. The van der Waals surface area contributed by atoms with E-state index in [4.69, 9.17) is 0 Å². The van der Waals surface area contributed by atoms with E-state index in [-0.39, 0.29) is 24.1 Å². The zero-order chi connectivity index (χ0) is 20.1. The number of carbonyl (C=O) groups excluding carboxylic acids is 2. The Morgan fingerprint density at radius 3 is 2.32 bits per heavy atom. The summed E-state index contributed by atoms with van der Waals surface area (Å²) in [4.78, 5) is 29.6. The lowest BCUT2D eigenvalue weighted by molar-refractivity contribution is -0.132. The Morgan fingerprint density at radius 2 is 1.71 bits per heavy atom.